The first-order valence-electron chi connectivity index (χ1n) is 8.18. The molecule has 4 heteroatoms. The number of piperidine rings is 1. The number of likely N-dealkylation sites (tertiary alicyclic amines) is 1. The molecule has 0 aromatic heterocycles. The van der Waals surface area contributed by atoms with Gasteiger partial charge in [0.15, 0.2) is 0 Å². The number of nitrogens with one attached hydrogen (secondary N) is 1. The van der Waals surface area contributed by atoms with Gasteiger partial charge in [0.2, 0.25) is 11.8 Å². The van der Waals surface area contributed by atoms with Gasteiger partial charge in [-0.2, -0.15) is 0 Å². The van der Waals surface area contributed by atoms with Crippen LogP contribution < -0.4 is 5.32 Å². The van der Waals surface area contributed by atoms with Crippen LogP contribution in [0.4, 0.5) is 0 Å². The number of amides is 2. The minimum Gasteiger partial charge on any atom is -0.353 e. The van der Waals surface area contributed by atoms with Crippen molar-refractivity contribution < 1.29 is 9.59 Å². The molecule has 0 aliphatic carbocycles. The summed E-state index contributed by atoms with van der Waals surface area (Å²) in [7, 11) is 0. The molecular weight excluding hydrogens is 276 g/mol. The number of carbonyl (C=O) groups is 2. The van der Waals surface area contributed by atoms with Crippen LogP contribution in [0, 0.1) is 5.92 Å². The van der Waals surface area contributed by atoms with E-state index in [2.05, 4.69) is 5.32 Å². The van der Waals surface area contributed by atoms with Crippen molar-refractivity contribution in [2.75, 3.05) is 13.1 Å². The molecule has 0 spiro atoms. The highest BCUT2D eigenvalue weighted by molar-refractivity contribution is 5.78. The largest absolute Gasteiger partial charge is 0.353 e. The highest BCUT2D eigenvalue weighted by Gasteiger charge is 2.24. The molecule has 0 bridgehead atoms. The average Bonchev–Trinajstić information content (AvgIpc) is 2.54. The van der Waals surface area contributed by atoms with Gasteiger partial charge in [0.05, 0.1) is 0 Å². The third kappa shape index (κ3) is 4.86. The molecule has 2 rings (SSSR count). The van der Waals surface area contributed by atoms with Crippen molar-refractivity contribution in [3.63, 3.8) is 0 Å². The smallest absolute Gasteiger partial charge is 0.225 e. The summed E-state index contributed by atoms with van der Waals surface area (Å²) in [5, 5.41) is 3.10. The van der Waals surface area contributed by atoms with Crippen LogP contribution in [0.5, 0.6) is 0 Å². The zero-order chi connectivity index (χ0) is 15.9. The van der Waals surface area contributed by atoms with Crippen molar-refractivity contribution >= 4 is 11.8 Å². The first-order valence-corrected chi connectivity index (χ1v) is 8.18. The van der Waals surface area contributed by atoms with E-state index in [1.807, 2.05) is 49.1 Å². The van der Waals surface area contributed by atoms with Crippen molar-refractivity contribution in [3.05, 3.63) is 35.9 Å². The molecule has 120 valence electrons. The van der Waals surface area contributed by atoms with Crippen LogP contribution in [0.15, 0.2) is 30.3 Å². The number of aryl methyl sites for hydroxylation is 1. The van der Waals surface area contributed by atoms with Crippen molar-refractivity contribution in [1.82, 2.24) is 10.2 Å². The van der Waals surface area contributed by atoms with Crippen LogP contribution in [-0.4, -0.2) is 35.8 Å². The summed E-state index contributed by atoms with van der Waals surface area (Å²) in [5.74, 6) is 0.378. The SMILES string of the molecule is CC(C)C(=O)N1CCC(NC(=O)CCc2ccccc2)CC1. The zero-order valence-corrected chi connectivity index (χ0v) is 13.5. The molecule has 1 aromatic carbocycles. The lowest BCUT2D eigenvalue weighted by Crippen LogP contribution is -2.47. The van der Waals surface area contributed by atoms with Gasteiger partial charge < -0.3 is 10.2 Å². The Bertz CT molecular complexity index is 491. The summed E-state index contributed by atoms with van der Waals surface area (Å²) in [5.41, 5.74) is 1.19. The van der Waals surface area contributed by atoms with E-state index in [-0.39, 0.29) is 23.8 Å². The predicted molar refractivity (Wildman–Crippen MR) is 87.3 cm³/mol. The fourth-order valence-corrected chi connectivity index (χ4v) is 2.81. The monoisotopic (exact) mass is 302 g/mol. The summed E-state index contributed by atoms with van der Waals surface area (Å²) in [6.45, 7) is 5.36. The van der Waals surface area contributed by atoms with Crippen molar-refractivity contribution in [3.8, 4) is 0 Å². The molecule has 0 unspecified atom stereocenters. The highest BCUT2D eigenvalue weighted by Crippen LogP contribution is 2.13. The molecular formula is C18H26N2O2. The second-order valence-corrected chi connectivity index (χ2v) is 6.31. The Morgan fingerprint density at radius 3 is 2.41 bits per heavy atom. The van der Waals surface area contributed by atoms with Gasteiger partial charge in [-0.15, -0.1) is 0 Å². The lowest BCUT2D eigenvalue weighted by Gasteiger charge is -2.33. The third-order valence-electron chi connectivity index (χ3n) is 4.15. The highest BCUT2D eigenvalue weighted by atomic mass is 16.2. The number of carbonyl (C=O) groups excluding carboxylic acids is 2. The maximum Gasteiger partial charge on any atom is 0.225 e. The Hall–Kier alpha value is -1.84. The standard InChI is InChI=1S/C18H26N2O2/c1-14(2)18(22)20-12-10-16(11-13-20)19-17(21)9-8-15-6-4-3-5-7-15/h3-7,14,16H,8-13H2,1-2H3,(H,19,21). The third-order valence-corrected chi connectivity index (χ3v) is 4.15. The zero-order valence-electron chi connectivity index (χ0n) is 13.5. The number of rotatable bonds is 5. The molecule has 1 aliphatic heterocycles. The van der Waals surface area contributed by atoms with Gasteiger partial charge in [0.1, 0.15) is 0 Å². The van der Waals surface area contributed by atoms with Gasteiger partial charge in [-0.25, -0.2) is 0 Å². The van der Waals surface area contributed by atoms with E-state index >= 15 is 0 Å². The number of hydrogen-bond acceptors (Lipinski definition) is 2. The van der Waals surface area contributed by atoms with Crippen LogP contribution in [0.25, 0.3) is 0 Å². The van der Waals surface area contributed by atoms with E-state index in [1.54, 1.807) is 0 Å². The minimum atomic E-state index is 0.0528. The van der Waals surface area contributed by atoms with Crippen LogP contribution in [0.1, 0.15) is 38.7 Å². The molecule has 1 fully saturated rings. The Morgan fingerprint density at radius 2 is 1.82 bits per heavy atom. The van der Waals surface area contributed by atoms with Gasteiger partial charge in [0, 0.05) is 31.5 Å². The van der Waals surface area contributed by atoms with E-state index in [9.17, 15) is 9.59 Å². The molecule has 2 amide bonds. The molecule has 0 saturated carbocycles. The van der Waals surface area contributed by atoms with Crippen molar-refractivity contribution in [2.45, 2.75) is 45.6 Å². The van der Waals surface area contributed by atoms with Gasteiger partial charge in [0.25, 0.3) is 0 Å². The van der Waals surface area contributed by atoms with E-state index in [0.717, 1.165) is 32.4 Å². The Labute approximate surface area is 132 Å². The van der Waals surface area contributed by atoms with Crippen LogP contribution >= 0.6 is 0 Å². The topological polar surface area (TPSA) is 49.4 Å². The molecule has 1 heterocycles. The molecule has 1 aliphatic rings. The van der Waals surface area contributed by atoms with E-state index in [4.69, 9.17) is 0 Å². The summed E-state index contributed by atoms with van der Waals surface area (Å²) in [4.78, 5) is 25.9. The van der Waals surface area contributed by atoms with E-state index in [0.29, 0.717) is 6.42 Å². The van der Waals surface area contributed by atoms with Gasteiger partial charge in [-0.05, 0) is 24.8 Å². The van der Waals surface area contributed by atoms with Crippen molar-refractivity contribution in [1.29, 1.82) is 0 Å². The molecule has 0 radical (unpaired) electrons. The van der Waals surface area contributed by atoms with E-state index < -0.39 is 0 Å². The number of nitrogens with zero attached hydrogens (tertiary/aromatic N) is 1. The second-order valence-electron chi connectivity index (χ2n) is 6.31. The number of benzene rings is 1. The normalized spacial score (nSPS) is 15.9. The maximum atomic E-state index is 12.0. The first kappa shape index (κ1) is 16.5. The van der Waals surface area contributed by atoms with Crippen LogP contribution in [0.3, 0.4) is 0 Å². The van der Waals surface area contributed by atoms with Crippen LogP contribution in [-0.2, 0) is 16.0 Å². The summed E-state index contributed by atoms with van der Waals surface area (Å²) >= 11 is 0. The second kappa shape index (κ2) is 7.97. The summed E-state index contributed by atoms with van der Waals surface area (Å²) in [6.07, 6.45) is 3.01. The van der Waals surface area contributed by atoms with Crippen molar-refractivity contribution in [2.24, 2.45) is 5.92 Å². The molecule has 1 aromatic rings. The van der Waals surface area contributed by atoms with Gasteiger partial charge in [-0.1, -0.05) is 44.2 Å². The molecule has 0 atom stereocenters. The lowest BCUT2D eigenvalue weighted by atomic mass is 10.0. The Kier molecular flexibility index (Phi) is 5.99. The molecule has 22 heavy (non-hydrogen) atoms. The van der Waals surface area contributed by atoms with Gasteiger partial charge >= 0.3 is 0 Å². The Balaban J connectivity index is 1.69. The average molecular weight is 302 g/mol. The van der Waals surface area contributed by atoms with Gasteiger partial charge in [-0.3, -0.25) is 9.59 Å². The lowest BCUT2D eigenvalue weighted by molar-refractivity contribution is -0.135. The minimum absolute atomic E-state index is 0.0528. The fourth-order valence-electron chi connectivity index (χ4n) is 2.81. The molecule has 4 nitrogen and oxygen atoms in total. The Morgan fingerprint density at radius 1 is 1.18 bits per heavy atom. The fraction of sp³-hybridized carbons (Fsp3) is 0.556. The predicted octanol–water partition coefficient (Wildman–Crippen LogP) is 2.38. The summed E-state index contributed by atoms with van der Waals surface area (Å²) in [6, 6.07) is 10.3. The van der Waals surface area contributed by atoms with E-state index in [1.165, 1.54) is 5.56 Å². The first-order chi connectivity index (χ1) is 10.6. The molecule has 1 saturated heterocycles. The quantitative estimate of drug-likeness (QED) is 0.908. The van der Waals surface area contributed by atoms with Crippen LogP contribution in [0.2, 0.25) is 0 Å². The number of hydrogen-bond donors (Lipinski definition) is 1. The maximum absolute atomic E-state index is 12.0. The summed E-state index contributed by atoms with van der Waals surface area (Å²) < 4.78 is 0. The molecule has 1 N–H and O–H groups in total.